The summed E-state index contributed by atoms with van der Waals surface area (Å²) in [5, 5.41) is 0. The first kappa shape index (κ1) is 14.3. The van der Waals surface area contributed by atoms with Gasteiger partial charge < -0.3 is 9.64 Å². The molecule has 0 bridgehead atoms. The van der Waals surface area contributed by atoms with Crippen LogP contribution in [0.25, 0.3) is 0 Å². The lowest BCUT2D eigenvalue weighted by atomic mass is 9.80. The molecule has 0 N–H and O–H groups in total. The molecule has 1 saturated heterocycles. The molecule has 2 aliphatic rings. The van der Waals surface area contributed by atoms with Crippen molar-refractivity contribution in [2.24, 2.45) is 11.8 Å². The fourth-order valence-corrected chi connectivity index (χ4v) is 3.48. The van der Waals surface area contributed by atoms with Gasteiger partial charge in [-0.2, -0.15) is 0 Å². The van der Waals surface area contributed by atoms with Crippen LogP contribution in [0.2, 0.25) is 0 Å². The molecule has 1 heterocycles. The van der Waals surface area contributed by atoms with Gasteiger partial charge in [0.05, 0.1) is 6.10 Å². The lowest BCUT2D eigenvalue weighted by Crippen LogP contribution is -2.34. The van der Waals surface area contributed by atoms with E-state index in [1.54, 1.807) is 0 Å². The Kier molecular flexibility index (Phi) is 5.97. The van der Waals surface area contributed by atoms with E-state index in [2.05, 4.69) is 18.9 Å². The Hall–Kier alpha value is -0.0800. The molecular formula is C16H31NO. The van der Waals surface area contributed by atoms with E-state index < -0.39 is 0 Å². The van der Waals surface area contributed by atoms with Gasteiger partial charge in [-0.25, -0.2) is 0 Å². The fourth-order valence-electron chi connectivity index (χ4n) is 3.48. The predicted molar refractivity (Wildman–Crippen MR) is 76.8 cm³/mol. The highest BCUT2D eigenvalue weighted by Crippen LogP contribution is 2.32. The highest BCUT2D eigenvalue weighted by atomic mass is 16.5. The normalized spacial score (nSPS) is 31.7. The molecule has 2 fully saturated rings. The highest BCUT2D eigenvalue weighted by Gasteiger charge is 2.21. The van der Waals surface area contributed by atoms with Crippen molar-refractivity contribution in [2.45, 2.75) is 64.4 Å². The van der Waals surface area contributed by atoms with Crippen molar-refractivity contribution in [3.05, 3.63) is 0 Å². The first-order valence-corrected chi connectivity index (χ1v) is 8.08. The lowest BCUT2D eigenvalue weighted by molar-refractivity contribution is 0.00404. The topological polar surface area (TPSA) is 12.5 Å². The van der Waals surface area contributed by atoms with Crippen molar-refractivity contribution in [2.75, 3.05) is 26.7 Å². The molecular weight excluding hydrogens is 222 g/mol. The Morgan fingerprint density at radius 2 is 1.56 bits per heavy atom. The maximum absolute atomic E-state index is 6.06. The van der Waals surface area contributed by atoms with Crippen LogP contribution >= 0.6 is 0 Å². The Labute approximate surface area is 113 Å². The molecule has 0 aromatic carbocycles. The lowest BCUT2D eigenvalue weighted by Gasteiger charge is -2.30. The van der Waals surface area contributed by atoms with Gasteiger partial charge in [-0.1, -0.05) is 39.0 Å². The maximum Gasteiger partial charge on any atom is 0.0599 e. The number of ether oxygens (including phenoxy) is 1. The monoisotopic (exact) mass is 253 g/mol. The summed E-state index contributed by atoms with van der Waals surface area (Å²) in [7, 11) is 2.21. The first-order chi connectivity index (χ1) is 8.78. The summed E-state index contributed by atoms with van der Waals surface area (Å²) in [4.78, 5) is 2.41. The minimum atomic E-state index is 0.549. The summed E-state index contributed by atoms with van der Waals surface area (Å²) >= 11 is 0. The van der Waals surface area contributed by atoms with Crippen LogP contribution in [-0.4, -0.2) is 37.7 Å². The van der Waals surface area contributed by atoms with Gasteiger partial charge in [0.1, 0.15) is 0 Å². The minimum absolute atomic E-state index is 0.549. The smallest absolute Gasteiger partial charge is 0.0599 e. The van der Waals surface area contributed by atoms with Gasteiger partial charge in [0, 0.05) is 19.7 Å². The average molecular weight is 253 g/mol. The second kappa shape index (κ2) is 7.49. The number of rotatable bonds is 5. The van der Waals surface area contributed by atoms with E-state index in [1.165, 1.54) is 64.5 Å². The third-order valence-electron chi connectivity index (χ3n) is 5.09. The largest absolute Gasteiger partial charge is 0.378 e. The van der Waals surface area contributed by atoms with E-state index in [0.717, 1.165) is 18.4 Å². The van der Waals surface area contributed by atoms with Crippen LogP contribution in [0.3, 0.4) is 0 Å². The van der Waals surface area contributed by atoms with E-state index in [1.807, 2.05) is 0 Å². The molecule has 1 aliphatic heterocycles. The fraction of sp³-hybridized carbons (Fsp3) is 1.00. The Bertz CT molecular complexity index is 215. The summed E-state index contributed by atoms with van der Waals surface area (Å²) < 4.78 is 6.06. The zero-order chi connectivity index (χ0) is 12.8. The number of hydrogen-bond donors (Lipinski definition) is 0. The van der Waals surface area contributed by atoms with Gasteiger partial charge in [-0.05, 0) is 38.1 Å². The zero-order valence-electron chi connectivity index (χ0n) is 12.4. The molecule has 0 unspecified atom stereocenters. The van der Waals surface area contributed by atoms with Crippen LogP contribution in [0.1, 0.15) is 58.3 Å². The molecule has 0 aromatic heterocycles. The zero-order valence-corrected chi connectivity index (χ0v) is 12.4. The summed E-state index contributed by atoms with van der Waals surface area (Å²) in [5.41, 5.74) is 0. The third-order valence-corrected chi connectivity index (χ3v) is 5.09. The predicted octanol–water partition coefficient (Wildman–Crippen LogP) is 3.70. The quantitative estimate of drug-likeness (QED) is 0.740. The molecule has 2 rings (SSSR count). The molecule has 1 saturated carbocycles. The van der Waals surface area contributed by atoms with Gasteiger partial charge in [0.15, 0.2) is 0 Å². The second-order valence-corrected chi connectivity index (χ2v) is 6.46. The standard InChI is InChI=1S/C16H31NO/c1-3-14-4-6-15(7-5-14)10-13-18-16-8-11-17(2)12-9-16/h14-16H,3-13H2,1-2H3. The molecule has 106 valence electrons. The van der Waals surface area contributed by atoms with Crippen molar-refractivity contribution < 1.29 is 4.74 Å². The maximum atomic E-state index is 6.06. The number of likely N-dealkylation sites (tertiary alicyclic amines) is 1. The van der Waals surface area contributed by atoms with Crippen LogP contribution < -0.4 is 0 Å². The average Bonchev–Trinajstić information content (AvgIpc) is 2.42. The molecule has 2 nitrogen and oxygen atoms in total. The second-order valence-electron chi connectivity index (χ2n) is 6.46. The van der Waals surface area contributed by atoms with Gasteiger partial charge in [-0.3, -0.25) is 0 Å². The van der Waals surface area contributed by atoms with Crippen molar-refractivity contribution in [3.63, 3.8) is 0 Å². The van der Waals surface area contributed by atoms with Gasteiger partial charge in [0.2, 0.25) is 0 Å². The van der Waals surface area contributed by atoms with Gasteiger partial charge >= 0.3 is 0 Å². The molecule has 0 amide bonds. The molecule has 2 heteroatoms. The number of piperidine rings is 1. The van der Waals surface area contributed by atoms with Crippen LogP contribution in [0.4, 0.5) is 0 Å². The molecule has 0 aromatic rings. The highest BCUT2D eigenvalue weighted by molar-refractivity contribution is 4.73. The van der Waals surface area contributed by atoms with Crippen molar-refractivity contribution in [1.82, 2.24) is 4.90 Å². The van der Waals surface area contributed by atoms with E-state index in [0.29, 0.717) is 6.10 Å². The Morgan fingerprint density at radius 1 is 0.944 bits per heavy atom. The van der Waals surface area contributed by atoms with E-state index in [-0.39, 0.29) is 0 Å². The Balaban J connectivity index is 1.53. The summed E-state index contributed by atoms with van der Waals surface area (Å²) in [6.07, 6.45) is 11.6. The first-order valence-electron chi connectivity index (χ1n) is 8.08. The Morgan fingerprint density at radius 3 is 2.17 bits per heavy atom. The van der Waals surface area contributed by atoms with Crippen LogP contribution in [-0.2, 0) is 4.74 Å². The van der Waals surface area contributed by atoms with Crippen LogP contribution in [0, 0.1) is 11.8 Å². The van der Waals surface area contributed by atoms with E-state index in [9.17, 15) is 0 Å². The summed E-state index contributed by atoms with van der Waals surface area (Å²) in [6, 6.07) is 0. The molecule has 0 spiro atoms. The number of hydrogen-bond acceptors (Lipinski definition) is 2. The number of nitrogens with zero attached hydrogens (tertiary/aromatic N) is 1. The summed E-state index contributed by atoms with van der Waals surface area (Å²) in [5.74, 6) is 1.98. The molecule has 1 aliphatic carbocycles. The van der Waals surface area contributed by atoms with E-state index >= 15 is 0 Å². The minimum Gasteiger partial charge on any atom is -0.378 e. The van der Waals surface area contributed by atoms with Crippen LogP contribution in [0.5, 0.6) is 0 Å². The van der Waals surface area contributed by atoms with Gasteiger partial charge in [0.25, 0.3) is 0 Å². The molecule has 0 radical (unpaired) electrons. The van der Waals surface area contributed by atoms with Crippen molar-refractivity contribution in [3.8, 4) is 0 Å². The van der Waals surface area contributed by atoms with Crippen LogP contribution in [0.15, 0.2) is 0 Å². The molecule has 0 atom stereocenters. The van der Waals surface area contributed by atoms with E-state index in [4.69, 9.17) is 4.74 Å². The SMILES string of the molecule is CCC1CCC(CCOC2CCN(C)CC2)CC1. The van der Waals surface area contributed by atoms with Gasteiger partial charge in [-0.15, -0.1) is 0 Å². The molecule has 18 heavy (non-hydrogen) atoms. The third kappa shape index (κ3) is 4.55. The summed E-state index contributed by atoms with van der Waals surface area (Å²) in [6.45, 7) is 5.78. The van der Waals surface area contributed by atoms with Crippen molar-refractivity contribution in [1.29, 1.82) is 0 Å². The van der Waals surface area contributed by atoms with Crippen molar-refractivity contribution >= 4 is 0 Å².